The number of rotatable bonds is 1. The van der Waals surface area contributed by atoms with Crippen molar-refractivity contribution in [3.63, 3.8) is 0 Å². The van der Waals surface area contributed by atoms with Crippen molar-refractivity contribution in [1.29, 1.82) is 0 Å². The van der Waals surface area contributed by atoms with Gasteiger partial charge in [-0.3, -0.25) is 4.79 Å². The predicted octanol–water partition coefficient (Wildman–Crippen LogP) is 2.14. The van der Waals surface area contributed by atoms with Crippen LogP contribution in [0.1, 0.15) is 34.1 Å². The van der Waals surface area contributed by atoms with Crippen LogP contribution < -0.4 is 5.73 Å². The van der Waals surface area contributed by atoms with Crippen LogP contribution in [0.2, 0.25) is 0 Å². The van der Waals surface area contributed by atoms with Gasteiger partial charge in [-0.1, -0.05) is 33.8 Å². The number of hydrogen-bond donors (Lipinski definition) is 1. The summed E-state index contributed by atoms with van der Waals surface area (Å²) in [5, 5.41) is 0. The highest BCUT2D eigenvalue weighted by atomic mass is 16.1. The van der Waals surface area contributed by atoms with Crippen LogP contribution in [0.15, 0.2) is 11.6 Å². The Hall–Kier alpha value is -0.630. The van der Waals surface area contributed by atoms with Gasteiger partial charge >= 0.3 is 0 Å². The molecule has 76 valence electrons. The van der Waals surface area contributed by atoms with Crippen molar-refractivity contribution in [2.24, 2.45) is 17.6 Å². The largest absolute Gasteiger partial charge is 0.324 e. The van der Waals surface area contributed by atoms with E-state index in [0.717, 1.165) is 18.3 Å². The molecule has 0 bridgehead atoms. The second-order valence-electron chi connectivity index (χ2n) is 3.48. The predicted molar refractivity (Wildman–Crippen MR) is 56.4 cm³/mol. The first-order chi connectivity index (χ1) is 6.15. The van der Waals surface area contributed by atoms with E-state index in [2.05, 4.69) is 13.8 Å². The fraction of sp³-hybridized carbons (Fsp3) is 0.727. The number of nitrogens with two attached hydrogens (primary N) is 1. The molecule has 3 unspecified atom stereocenters. The molecule has 1 rings (SSSR count). The Morgan fingerprint density at radius 3 is 2.38 bits per heavy atom. The molecule has 0 fully saturated rings. The molecule has 1 aliphatic carbocycles. The molecule has 0 aromatic carbocycles. The van der Waals surface area contributed by atoms with Gasteiger partial charge in [0.1, 0.15) is 6.29 Å². The van der Waals surface area contributed by atoms with Gasteiger partial charge in [0, 0.05) is 6.04 Å². The zero-order valence-electron chi connectivity index (χ0n) is 9.08. The van der Waals surface area contributed by atoms with Crippen molar-refractivity contribution in [2.45, 2.75) is 40.2 Å². The van der Waals surface area contributed by atoms with Gasteiger partial charge in [0.05, 0.1) is 0 Å². The molecular formula is C11H21NO. The van der Waals surface area contributed by atoms with Crippen LogP contribution in [0.3, 0.4) is 0 Å². The summed E-state index contributed by atoms with van der Waals surface area (Å²) < 4.78 is 0. The number of carbonyl (C=O) groups is 1. The van der Waals surface area contributed by atoms with E-state index < -0.39 is 0 Å². The van der Waals surface area contributed by atoms with Gasteiger partial charge in [-0.2, -0.15) is 0 Å². The average molecular weight is 183 g/mol. The third kappa shape index (κ3) is 3.31. The van der Waals surface area contributed by atoms with Crippen LogP contribution in [0.5, 0.6) is 0 Å². The van der Waals surface area contributed by atoms with Crippen molar-refractivity contribution in [2.75, 3.05) is 0 Å². The lowest BCUT2D eigenvalue weighted by atomic mass is 9.79. The zero-order valence-corrected chi connectivity index (χ0v) is 9.08. The number of allylic oxidation sites excluding steroid dienone is 1. The maximum absolute atomic E-state index is 10.4. The summed E-state index contributed by atoms with van der Waals surface area (Å²) in [4.78, 5) is 10.4. The highest BCUT2D eigenvalue weighted by Crippen LogP contribution is 2.26. The summed E-state index contributed by atoms with van der Waals surface area (Å²) in [6.07, 6.45) is 3.69. The third-order valence-electron chi connectivity index (χ3n) is 2.62. The fourth-order valence-corrected chi connectivity index (χ4v) is 1.49. The van der Waals surface area contributed by atoms with E-state index >= 15 is 0 Å². The van der Waals surface area contributed by atoms with Crippen LogP contribution >= 0.6 is 0 Å². The van der Waals surface area contributed by atoms with Gasteiger partial charge in [0.2, 0.25) is 0 Å². The van der Waals surface area contributed by atoms with Gasteiger partial charge in [-0.05, 0) is 23.8 Å². The lowest BCUT2D eigenvalue weighted by molar-refractivity contribution is -0.105. The molecular weight excluding hydrogens is 162 g/mol. The van der Waals surface area contributed by atoms with Gasteiger partial charge in [-0.15, -0.1) is 0 Å². The molecule has 2 nitrogen and oxygen atoms in total. The van der Waals surface area contributed by atoms with E-state index in [1.165, 1.54) is 0 Å². The molecule has 0 amide bonds. The quantitative estimate of drug-likeness (QED) is 0.633. The van der Waals surface area contributed by atoms with Gasteiger partial charge in [-0.25, -0.2) is 0 Å². The summed E-state index contributed by atoms with van der Waals surface area (Å²) >= 11 is 0. The van der Waals surface area contributed by atoms with Crippen LogP contribution in [0, 0.1) is 11.8 Å². The Morgan fingerprint density at radius 2 is 2.00 bits per heavy atom. The Morgan fingerprint density at radius 1 is 1.46 bits per heavy atom. The summed E-state index contributed by atoms with van der Waals surface area (Å²) in [5.74, 6) is 1.04. The minimum Gasteiger partial charge on any atom is -0.324 e. The highest BCUT2D eigenvalue weighted by molar-refractivity contribution is 5.73. The summed E-state index contributed by atoms with van der Waals surface area (Å²) in [5.41, 5.74) is 6.66. The van der Waals surface area contributed by atoms with E-state index in [-0.39, 0.29) is 6.04 Å². The lowest BCUT2D eigenvalue weighted by Crippen LogP contribution is -2.34. The van der Waals surface area contributed by atoms with Crippen molar-refractivity contribution < 1.29 is 4.79 Å². The van der Waals surface area contributed by atoms with E-state index in [1.54, 1.807) is 0 Å². The first kappa shape index (κ1) is 12.4. The van der Waals surface area contributed by atoms with Crippen molar-refractivity contribution in [1.82, 2.24) is 0 Å². The smallest absolute Gasteiger partial charge is 0.145 e. The van der Waals surface area contributed by atoms with Crippen molar-refractivity contribution >= 4 is 6.29 Å². The standard InChI is InChI=1S/C9H15NO.C2H6/c1-6-3-8(5-11)4-9(10)7(6)2;1-2/h4-7,9H,3,10H2,1-2H3;1-2H3. The lowest BCUT2D eigenvalue weighted by Gasteiger charge is -2.28. The van der Waals surface area contributed by atoms with Gasteiger partial charge < -0.3 is 5.73 Å². The molecule has 0 heterocycles. The van der Waals surface area contributed by atoms with E-state index in [1.807, 2.05) is 19.9 Å². The second kappa shape index (κ2) is 5.92. The topological polar surface area (TPSA) is 43.1 Å². The summed E-state index contributed by atoms with van der Waals surface area (Å²) in [6.45, 7) is 8.27. The normalized spacial score (nSPS) is 32.7. The zero-order chi connectivity index (χ0) is 10.4. The molecule has 0 aromatic rings. The number of hydrogen-bond acceptors (Lipinski definition) is 2. The second-order valence-corrected chi connectivity index (χ2v) is 3.48. The summed E-state index contributed by atoms with van der Waals surface area (Å²) in [6, 6.07) is 0.0685. The van der Waals surface area contributed by atoms with Crippen LogP contribution in [-0.4, -0.2) is 12.3 Å². The minimum atomic E-state index is 0.0685. The molecule has 0 aliphatic heterocycles. The molecule has 2 heteroatoms. The molecule has 1 aliphatic rings. The van der Waals surface area contributed by atoms with Crippen molar-refractivity contribution in [3.05, 3.63) is 11.6 Å². The SMILES string of the molecule is CC.CC1CC(C=O)=CC(N)C1C. The van der Waals surface area contributed by atoms with E-state index in [4.69, 9.17) is 5.73 Å². The average Bonchev–Trinajstić information content (AvgIpc) is 2.16. The minimum absolute atomic E-state index is 0.0685. The Bertz CT molecular complexity index is 187. The third-order valence-corrected chi connectivity index (χ3v) is 2.62. The number of carbonyl (C=O) groups excluding carboxylic acids is 1. The molecule has 0 spiro atoms. The molecule has 0 radical (unpaired) electrons. The first-order valence-corrected chi connectivity index (χ1v) is 5.06. The Labute approximate surface area is 81.2 Å². The molecule has 13 heavy (non-hydrogen) atoms. The summed E-state index contributed by atoms with van der Waals surface area (Å²) in [7, 11) is 0. The Balaban J connectivity index is 0.000000671. The van der Waals surface area contributed by atoms with E-state index in [9.17, 15) is 4.79 Å². The monoisotopic (exact) mass is 183 g/mol. The number of aldehydes is 1. The fourth-order valence-electron chi connectivity index (χ4n) is 1.49. The van der Waals surface area contributed by atoms with Crippen molar-refractivity contribution in [3.8, 4) is 0 Å². The van der Waals surface area contributed by atoms with E-state index in [0.29, 0.717) is 11.8 Å². The van der Waals surface area contributed by atoms with Crippen LogP contribution in [-0.2, 0) is 4.79 Å². The molecule has 0 saturated carbocycles. The molecule has 2 N–H and O–H groups in total. The molecule has 3 atom stereocenters. The van der Waals surface area contributed by atoms with Crippen LogP contribution in [0.4, 0.5) is 0 Å². The van der Waals surface area contributed by atoms with Gasteiger partial charge in [0.15, 0.2) is 0 Å². The first-order valence-electron chi connectivity index (χ1n) is 5.06. The Kier molecular flexibility index (Phi) is 5.63. The maximum Gasteiger partial charge on any atom is 0.145 e. The van der Waals surface area contributed by atoms with Crippen LogP contribution in [0.25, 0.3) is 0 Å². The molecule has 0 saturated heterocycles. The molecule has 0 aromatic heterocycles. The van der Waals surface area contributed by atoms with Gasteiger partial charge in [0.25, 0.3) is 0 Å². The maximum atomic E-state index is 10.4. The highest BCUT2D eigenvalue weighted by Gasteiger charge is 2.23.